The van der Waals surface area contributed by atoms with E-state index in [1.165, 1.54) is 18.4 Å². The number of benzene rings is 1. The molecule has 0 aliphatic carbocycles. The molecule has 0 aliphatic rings. The number of imidazole rings is 1. The summed E-state index contributed by atoms with van der Waals surface area (Å²) < 4.78 is 27.2. The molecule has 1 aromatic heterocycles. The summed E-state index contributed by atoms with van der Waals surface area (Å²) in [6.45, 7) is 3.53. The van der Waals surface area contributed by atoms with E-state index in [2.05, 4.69) is 21.8 Å². The molecule has 114 valence electrons. The molecule has 1 N–H and O–H groups in total. The van der Waals surface area contributed by atoms with Gasteiger partial charge in [-0.05, 0) is 31.2 Å². The summed E-state index contributed by atoms with van der Waals surface area (Å²) in [5, 5.41) is 3.24. The molecule has 21 heavy (non-hydrogen) atoms. The van der Waals surface area contributed by atoms with Gasteiger partial charge in [0, 0.05) is 38.7 Å². The van der Waals surface area contributed by atoms with Gasteiger partial charge in [-0.3, -0.25) is 0 Å². The number of anilines is 1. The first-order valence-corrected chi connectivity index (χ1v) is 8.15. The van der Waals surface area contributed by atoms with Gasteiger partial charge in [-0.1, -0.05) is 0 Å². The number of hydrogen-bond donors (Lipinski definition) is 1. The predicted octanol–water partition coefficient (Wildman–Crippen LogP) is 1.77. The van der Waals surface area contributed by atoms with Gasteiger partial charge in [0.15, 0.2) is 0 Å². The van der Waals surface area contributed by atoms with E-state index in [1.54, 1.807) is 30.5 Å². The monoisotopic (exact) mass is 308 g/mol. The second-order valence-electron chi connectivity index (χ2n) is 4.79. The fourth-order valence-corrected chi connectivity index (χ4v) is 2.83. The lowest BCUT2D eigenvalue weighted by Crippen LogP contribution is -2.22. The second kappa shape index (κ2) is 6.28. The zero-order valence-electron chi connectivity index (χ0n) is 12.4. The Balaban J connectivity index is 2.07. The summed E-state index contributed by atoms with van der Waals surface area (Å²) in [5.74, 6) is 0.947. The summed E-state index contributed by atoms with van der Waals surface area (Å²) in [6, 6.07) is 6.72. The number of nitrogens with zero attached hydrogens (tertiary/aromatic N) is 3. The molecular formula is C14H20N4O2S. The highest BCUT2D eigenvalue weighted by Crippen LogP contribution is 2.17. The third kappa shape index (κ3) is 3.43. The molecule has 0 spiro atoms. The van der Waals surface area contributed by atoms with Gasteiger partial charge in [0.2, 0.25) is 10.0 Å². The summed E-state index contributed by atoms with van der Waals surface area (Å²) in [4.78, 5) is 4.57. The predicted molar refractivity (Wildman–Crippen MR) is 82.5 cm³/mol. The molecule has 7 heteroatoms. The molecule has 0 radical (unpaired) electrons. The number of sulfonamides is 1. The van der Waals surface area contributed by atoms with Crippen molar-refractivity contribution in [1.82, 2.24) is 13.9 Å². The van der Waals surface area contributed by atoms with Crippen LogP contribution in [0.1, 0.15) is 12.7 Å². The molecule has 1 heterocycles. The van der Waals surface area contributed by atoms with Crippen LogP contribution in [0.2, 0.25) is 0 Å². The molecule has 0 saturated heterocycles. The number of aromatic nitrogens is 2. The van der Waals surface area contributed by atoms with Crippen molar-refractivity contribution in [3.63, 3.8) is 0 Å². The van der Waals surface area contributed by atoms with Crippen molar-refractivity contribution in [3.8, 4) is 0 Å². The lowest BCUT2D eigenvalue weighted by atomic mass is 10.3. The summed E-state index contributed by atoms with van der Waals surface area (Å²) in [6.07, 6.45) is 3.71. The average molecular weight is 308 g/mol. The Morgan fingerprint density at radius 2 is 1.90 bits per heavy atom. The summed E-state index contributed by atoms with van der Waals surface area (Å²) in [7, 11) is -0.334. The van der Waals surface area contributed by atoms with Crippen LogP contribution < -0.4 is 5.32 Å². The molecule has 0 atom stereocenters. The van der Waals surface area contributed by atoms with Gasteiger partial charge < -0.3 is 9.88 Å². The number of nitrogens with one attached hydrogen (secondary N) is 1. The van der Waals surface area contributed by atoms with Crippen LogP contribution in [-0.4, -0.2) is 36.4 Å². The maximum absolute atomic E-state index is 12.0. The molecule has 1 aromatic carbocycles. The van der Waals surface area contributed by atoms with Gasteiger partial charge in [0.05, 0.1) is 11.4 Å². The highest BCUT2D eigenvalue weighted by molar-refractivity contribution is 7.89. The normalized spacial score (nSPS) is 11.8. The van der Waals surface area contributed by atoms with Crippen LogP contribution in [0.4, 0.5) is 5.69 Å². The average Bonchev–Trinajstić information content (AvgIpc) is 2.92. The minimum atomic E-state index is -3.37. The zero-order chi connectivity index (χ0) is 15.5. The van der Waals surface area contributed by atoms with Crippen molar-refractivity contribution in [2.75, 3.05) is 19.4 Å². The van der Waals surface area contributed by atoms with E-state index in [-0.39, 0.29) is 4.90 Å². The van der Waals surface area contributed by atoms with E-state index in [9.17, 15) is 8.42 Å². The maximum Gasteiger partial charge on any atom is 0.242 e. The van der Waals surface area contributed by atoms with Gasteiger partial charge >= 0.3 is 0 Å². The van der Waals surface area contributed by atoms with Crippen LogP contribution in [0.5, 0.6) is 0 Å². The number of aryl methyl sites for hydroxylation is 1. The first-order chi connectivity index (χ1) is 9.95. The minimum absolute atomic E-state index is 0.285. The standard InChI is InChI=1S/C14H20N4O2S/c1-4-18-10-9-15-14(18)11-16-12-5-7-13(8-6-12)21(19,20)17(2)3/h5-10,16H,4,11H2,1-3H3. The first kappa shape index (κ1) is 15.5. The molecule has 0 saturated carbocycles. The molecule has 2 aromatic rings. The van der Waals surface area contributed by atoms with Crippen molar-refractivity contribution < 1.29 is 8.42 Å². The lowest BCUT2D eigenvalue weighted by molar-refractivity contribution is 0.521. The van der Waals surface area contributed by atoms with E-state index in [0.29, 0.717) is 6.54 Å². The Bertz CT molecular complexity index is 690. The van der Waals surface area contributed by atoms with Crippen molar-refractivity contribution in [2.45, 2.75) is 24.9 Å². The van der Waals surface area contributed by atoms with Gasteiger partial charge in [-0.2, -0.15) is 0 Å². The van der Waals surface area contributed by atoms with Crippen molar-refractivity contribution in [3.05, 3.63) is 42.5 Å². The molecule has 0 unspecified atom stereocenters. The van der Waals surface area contributed by atoms with Crippen molar-refractivity contribution >= 4 is 15.7 Å². The van der Waals surface area contributed by atoms with E-state index < -0.39 is 10.0 Å². The molecular weight excluding hydrogens is 288 g/mol. The minimum Gasteiger partial charge on any atom is -0.378 e. The Morgan fingerprint density at radius 3 is 2.48 bits per heavy atom. The topological polar surface area (TPSA) is 67.2 Å². The smallest absolute Gasteiger partial charge is 0.242 e. The quantitative estimate of drug-likeness (QED) is 0.883. The third-order valence-electron chi connectivity index (χ3n) is 3.23. The Hall–Kier alpha value is -1.86. The van der Waals surface area contributed by atoms with E-state index in [4.69, 9.17) is 0 Å². The summed E-state index contributed by atoms with van der Waals surface area (Å²) in [5.41, 5.74) is 0.860. The lowest BCUT2D eigenvalue weighted by Gasteiger charge is -2.12. The molecule has 2 rings (SSSR count). The fourth-order valence-electron chi connectivity index (χ4n) is 1.93. The molecule has 6 nitrogen and oxygen atoms in total. The van der Waals surface area contributed by atoms with E-state index in [1.807, 2.05) is 6.20 Å². The highest BCUT2D eigenvalue weighted by Gasteiger charge is 2.16. The third-order valence-corrected chi connectivity index (χ3v) is 5.06. The Morgan fingerprint density at radius 1 is 1.24 bits per heavy atom. The molecule has 0 fully saturated rings. The van der Waals surface area contributed by atoms with Crippen LogP contribution >= 0.6 is 0 Å². The van der Waals surface area contributed by atoms with Gasteiger partial charge in [-0.25, -0.2) is 17.7 Å². The Labute approximate surface area is 125 Å². The number of hydrogen-bond acceptors (Lipinski definition) is 4. The Kier molecular flexibility index (Phi) is 4.64. The van der Waals surface area contributed by atoms with E-state index in [0.717, 1.165) is 18.1 Å². The SMILES string of the molecule is CCn1ccnc1CNc1ccc(S(=O)(=O)N(C)C)cc1. The molecule has 0 aliphatic heterocycles. The fraction of sp³-hybridized carbons (Fsp3) is 0.357. The van der Waals surface area contributed by atoms with Gasteiger partial charge in [0.1, 0.15) is 5.82 Å². The zero-order valence-corrected chi connectivity index (χ0v) is 13.3. The van der Waals surface area contributed by atoms with Crippen LogP contribution in [0, 0.1) is 0 Å². The molecule has 0 bridgehead atoms. The van der Waals surface area contributed by atoms with Crippen LogP contribution in [-0.2, 0) is 23.1 Å². The maximum atomic E-state index is 12.0. The van der Waals surface area contributed by atoms with Crippen LogP contribution in [0.3, 0.4) is 0 Å². The van der Waals surface area contributed by atoms with Crippen molar-refractivity contribution in [2.24, 2.45) is 0 Å². The van der Waals surface area contributed by atoms with Crippen LogP contribution in [0.15, 0.2) is 41.6 Å². The van der Waals surface area contributed by atoms with E-state index >= 15 is 0 Å². The summed E-state index contributed by atoms with van der Waals surface area (Å²) >= 11 is 0. The van der Waals surface area contributed by atoms with Crippen molar-refractivity contribution in [1.29, 1.82) is 0 Å². The highest BCUT2D eigenvalue weighted by atomic mass is 32.2. The second-order valence-corrected chi connectivity index (χ2v) is 6.95. The van der Waals surface area contributed by atoms with Crippen LogP contribution in [0.25, 0.3) is 0 Å². The van der Waals surface area contributed by atoms with Gasteiger partial charge in [0.25, 0.3) is 0 Å². The first-order valence-electron chi connectivity index (χ1n) is 6.71. The largest absolute Gasteiger partial charge is 0.378 e. The number of rotatable bonds is 6. The van der Waals surface area contributed by atoms with Gasteiger partial charge in [-0.15, -0.1) is 0 Å². The molecule has 0 amide bonds.